The number of likely N-dealkylation sites (tertiary alicyclic amines) is 1. The predicted molar refractivity (Wildman–Crippen MR) is 95.4 cm³/mol. The van der Waals surface area contributed by atoms with Crippen LogP contribution in [0.5, 0.6) is 5.75 Å². The minimum absolute atomic E-state index is 0.0192. The fraction of sp³-hybridized carbons (Fsp3) is 0.632. The molecule has 1 fully saturated rings. The number of aliphatic hydroxyl groups excluding tert-OH is 1. The van der Waals surface area contributed by atoms with E-state index in [-0.39, 0.29) is 23.5 Å². The van der Waals surface area contributed by atoms with E-state index in [1.54, 1.807) is 11.8 Å². The number of hydrogen-bond donors (Lipinski definition) is 2. The van der Waals surface area contributed by atoms with E-state index in [4.69, 9.17) is 4.74 Å². The van der Waals surface area contributed by atoms with Crippen molar-refractivity contribution in [3.63, 3.8) is 0 Å². The van der Waals surface area contributed by atoms with E-state index in [0.717, 1.165) is 17.7 Å². The Morgan fingerprint density at radius 3 is 2.75 bits per heavy atom. The van der Waals surface area contributed by atoms with Crippen LogP contribution in [0.3, 0.4) is 0 Å². The summed E-state index contributed by atoms with van der Waals surface area (Å²) in [5.41, 5.74) is 1.18. The molecular formula is C19H30N2O3. The minimum atomic E-state index is -0.361. The maximum atomic E-state index is 12.1. The Balaban J connectivity index is 1.77. The lowest BCUT2D eigenvalue weighted by atomic mass is 9.86. The molecule has 1 saturated heterocycles. The van der Waals surface area contributed by atoms with Gasteiger partial charge < -0.3 is 20.1 Å². The predicted octanol–water partition coefficient (Wildman–Crippen LogP) is 2.78. The zero-order valence-corrected chi connectivity index (χ0v) is 15.2. The molecule has 5 heteroatoms. The van der Waals surface area contributed by atoms with Crippen molar-refractivity contribution in [2.45, 2.75) is 45.6 Å². The second-order valence-corrected chi connectivity index (χ2v) is 7.56. The van der Waals surface area contributed by atoms with E-state index in [1.165, 1.54) is 0 Å². The Kier molecular flexibility index (Phi) is 6.10. The number of aliphatic hydroxyl groups is 1. The van der Waals surface area contributed by atoms with Gasteiger partial charge in [0.05, 0.1) is 12.6 Å². The SMILES string of the molecule is C[C@H](O)[C@@H]1CCN(C(=O)NCCOc2ccccc2C(C)(C)C)C1. The van der Waals surface area contributed by atoms with E-state index in [0.29, 0.717) is 26.2 Å². The number of benzene rings is 1. The molecule has 2 amide bonds. The molecule has 1 aromatic rings. The lowest BCUT2D eigenvalue weighted by Gasteiger charge is -2.23. The Bertz CT molecular complexity index is 552. The Morgan fingerprint density at radius 1 is 1.42 bits per heavy atom. The standard InChI is InChI=1S/C19H30N2O3/c1-14(22)15-9-11-21(13-15)18(23)20-10-12-24-17-8-6-5-7-16(17)19(2,3)4/h5-8,14-15,22H,9-13H2,1-4H3,(H,20,23)/t14-,15+/m0/s1. The first kappa shape index (κ1) is 18.6. The van der Waals surface area contributed by atoms with Crippen molar-refractivity contribution in [1.29, 1.82) is 0 Å². The zero-order valence-electron chi connectivity index (χ0n) is 15.2. The summed E-state index contributed by atoms with van der Waals surface area (Å²) in [5.74, 6) is 1.06. The van der Waals surface area contributed by atoms with Crippen LogP contribution in [-0.4, -0.2) is 48.4 Å². The van der Waals surface area contributed by atoms with E-state index in [9.17, 15) is 9.90 Å². The summed E-state index contributed by atoms with van der Waals surface area (Å²) in [6, 6.07) is 7.95. The quantitative estimate of drug-likeness (QED) is 0.814. The van der Waals surface area contributed by atoms with Gasteiger partial charge in [-0.1, -0.05) is 39.0 Å². The summed E-state index contributed by atoms with van der Waals surface area (Å²) in [7, 11) is 0. The first-order valence-electron chi connectivity index (χ1n) is 8.72. The number of urea groups is 1. The van der Waals surface area contributed by atoms with Gasteiger partial charge in [0.1, 0.15) is 12.4 Å². The van der Waals surface area contributed by atoms with Crippen molar-refractivity contribution in [3.05, 3.63) is 29.8 Å². The average Bonchev–Trinajstić information content (AvgIpc) is 3.01. The lowest BCUT2D eigenvalue weighted by molar-refractivity contribution is 0.129. The molecule has 0 aromatic heterocycles. The number of ether oxygens (including phenoxy) is 1. The number of nitrogens with zero attached hydrogens (tertiary/aromatic N) is 1. The fourth-order valence-corrected chi connectivity index (χ4v) is 3.01. The van der Waals surface area contributed by atoms with Crippen molar-refractivity contribution in [2.24, 2.45) is 5.92 Å². The third-order valence-electron chi connectivity index (χ3n) is 4.53. The van der Waals surface area contributed by atoms with Gasteiger partial charge in [0.15, 0.2) is 0 Å². The van der Waals surface area contributed by atoms with E-state index < -0.39 is 0 Å². The van der Waals surface area contributed by atoms with Gasteiger partial charge in [-0.05, 0) is 30.4 Å². The van der Waals surface area contributed by atoms with Crippen LogP contribution in [-0.2, 0) is 5.41 Å². The molecule has 2 N–H and O–H groups in total. The summed E-state index contributed by atoms with van der Waals surface area (Å²) < 4.78 is 5.86. The first-order valence-corrected chi connectivity index (χ1v) is 8.72. The highest BCUT2D eigenvalue weighted by Crippen LogP contribution is 2.30. The molecule has 2 rings (SSSR count). The summed E-state index contributed by atoms with van der Waals surface area (Å²) >= 11 is 0. The van der Waals surface area contributed by atoms with Gasteiger partial charge in [0.25, 0.3) is 0 Å². The third kappa shape index (κ3) is 4.87. The number of rotatable bonds is 5. The molecule has 1 heterocycles. The minimum Gasteiger partial charge on any atom is -0.491 e. The van der Waals surface area contributed by atoms with Gasteiger partial charge in [-0.2, -0.15) is 0 Å². The number of hydrogen-bond acceptors (Lipinski definition) is 3. The third-order valence-corrected chi connectivity index (χ3v) is 4.53. The van der Waals surface area contributed by atoms with Gasteiger partial charge in [0.2, 0.25) is 0 Å². The molecule has 1 aromatic carbocycles. The van der Waals surface area contributed by atoms with Crippen LogP contribution in [0.15, 0.2) is 24.3 Å². The number of carbonyl (C=O) groups excluding carboxylic acids is 1. The Hall–Kier alpha value is -1.75. The molecule has 1 aliphatic rings. The largest absolute Gasteiger partial charge is 0.491 e. The number of amides is 2. The van der Waals surface area contributed by atoms with Crippen molar-refractivity contribution < 1.29 is 14.6 Å². The molecule has 134 valence electrons. The topological polar surface area (TPSA) is 61.8 Å². The number of carbonyl (C=O) groups is 1. The molecule has 2 atom stereocenters. The molecule has 0 saturated carbocycles. The van der Waals surface area contributed by atoms with Crippen molar-refractivity contribution in [1.82, 2.24) is 10.2 Å². The number of nitrogens with one attached hydrogen (secondary N) is 1. The molecule has 0 unspecified atom stereocenters. The van der Waals surface area contributed by atoms with E-state index in [2.05, 4.69) is 32.2 Å². The van der Waals surface area contributed by atoms with Gasteiger partial charge in [-0.3, -0.25) is 0 Å². The Morgan fingerprint density at radius 2 is 2.12 bits per heavy atom. The second-order valence-electron chi connectivity index (χ2n) is 7.56. The van der Waals surface area contributed by atoms with Crippen LogP contribution in [0, 0.1) is 5.92 Å². The lowest BCUT2D eigenvalue weighted by Crippen LogP contribution is -2.40. The molecule has 1 aliphatic heterocycles. The summed E-state index contributed by atoms with van der Waals surface area (Å²) in [5, 5.41) is 12.5. The smallest absolute Gasteiger partial charge is 0.317 e. The monoisotopic (exact) mass is 334 g/mol. The molecular weight excluding hydrogens is 304 g/mol. The van der Waals surface area contributed by atoms with Crippen LogP contribution in [0.1, 0.15) is 39.7 Å². The molecule has 0 aliphatic carbocycles. The normalized spacial score (nSPS) is 19.2. The molecule has 5 nitrogen and oxygen atoms in total. The van der Waals surface area contributed by atoms with Gasteiger partial charge in [0, 0.05) is 19.0 Å². The highest BCUT2D eigenvalue weighted by molar-refractivity contribution is 5.74. The van der Waals surface area contributed by atoms with Gasteiger partial charge in [-0.15, -0.1) is 0 Å². The van der Waals surface area contributed by atoms with E-state index >= 15 is 0 Å². The number of para-hydroxylation sites is 1. The van der Waals surface area contributed by atoms with Crippen molar-refractivity contribution >= 4 is 6.03 Å². The zero-order chi connectivity index (χ0) is 17.7. The van der Waals surface area contributed by atoms with E-state index in [1.807, 2.05) is 18.2 Å². The molecule has 24 heavy (non-hydrogen) atoms. The molecule has 0 bridgehead atoms. The summed E-state index contributed by atoms with van der Waals surface area (Å²) in [6.45, 7) is 10.5. The second kappa shape index (κ2) is 7.88. The average molecular weight is 334 g/mol. The van der Waals surface area contributed by atoms with Crippen LogP contribution < -0.4 is 10.1 Å². The van der Waals surface area contributed by atoms with Crippen LogP contribution >= 0.6 is 0 Å². The van der Waals surface area contributed by atoms with Gasteiger partial charge in [-0.25, -0.2) is 4.79 Å². The highest BCUT2D eigenvalue weighted by Gasteiger charge is 2.28. The summed E-state index contributed by atoms with van der Waals surface area (Å²) in [4.78, 5) is 13.9. The highest BCUT2D eigenvalue weighted by atomic mass is 16.5. The van der Waals surface area contributed by atoms with Crippen molar-refractivity contribution in [3.8, 4) is 5.75 Å². The maximum Gasteiger partial charge on any atom is 0.317 e. The van der Waals surface area contributed by atoms with Crippen LogP contribution in [0.4, 0.5) is 4.79 Å². The molecule has 0 radical (unpaired) electrons. The first-order chi connectivity index (χ1) is 11.3. The van der Waals surface area contributed by atoms with Gasteiger partial charge >= 0.3 is 6.03 Å². The van der Waals surface area contributed by atoms with Crippen LogP contribution in [0.25, 0.3) is 0 Å². The van der Waals surface area contributed by atoms with Crippen molar-refractivity contribution in [2.75, 3.05) is 26.2 Å². The summed E-state index contributed by atoms with van der Waals surface area (Å²) in [6.07, 6.45) is 0.501. The van der Waals surface area contributed by atoms with Crippen LogP contribution in [0.2, 0.25) is 0 Å². The fourth-order valence-electron chi connectivity index (χ4n) is 3.01. The maximum absolute atomic E-state index is 12.1. The molecule has 0 spiro atoms. The Labute approximate surface area is 145 Å².